The van der Waals surface area contributed by atoms with E-state index in [0.717, 1.165) is 0 Å². The molecule has 0 aliphatic heterocycles. The van der Waals surface area contributed by atoms with Gasteiger partial charge in [-0.15, -0.1) is 0 Å². The van der Waals surface area contributed by atoms with Crippen LogP contribution in [0.3, 0.4) is 0 Å². The molecule has 0 spiro atoms. The third kappa shape index (κ3) is 2.40. The Hall–Kier alpha value is -1.27. The zero-order valence-corrected chi connectivity index (χ0v) is 6.84. The van der Waals surface area contributed by atoms with Gasteiger partial charge in [-0.3, -0.25) is 9.27 Å². The number of hydrogen-bond donors (Lipinski definition) is 3. The van der Waals surface area contributed by atoms with Crippen molar-refractivity contribution in [3.05, 3.63) is 24.3 Å². The minimum absolute atomic E-state index is 0.504. The summed E-state index contributed by atoms with van der Waals surface area (Å²) >= 11 is -2.05. The van der Waals surface area contributed by atoms with Gasteiger partial charge in [0.1, 0.15) is 0 Å². The third-order valence-electron chi connectivity index (χ3n) is 1.20. The Morgan fingerprint density at radius 1 is 1.42 bits per heavy atom. The van der Waals surface area contributed by atoms with Gasteiger partial charge in [-0.1, -0.05) is 0 Å². The van der Waals surface area contributed by atoms with Gasteiger partial charge in [0, 0.05) is 5.69 Å². The van der Waals surface area contributed by atoms with Crippen LogP contribution < -0.4 is 4.72 Å². The second kappa shape index (κ2) is 3.93. The molecular formula is C6H7N3O2S. The predicted molar refractivity (Wildman–Crippen MR) is 45.6 cm³/mol. The van der Waals surface area contributed by atoms with E-state index in [1.807, 2.05) is 0 Å². The van der Waals surface area contributed by atoms with Gasteiger partial charge >= 0.3 is 0 Å². The maximum atomic E-state index is 10.3. The molecule has 6 heteroatoms. The summed E-state index contributed by atoms with van der Waals surface area (Å²) in [6.45, 7) is 0. The van der Waals surface area contributed by atoms with Gasteiger partial charge in [0.2, 0.25) is 0 Å². The molecule has 1 aromatic rings. The quantitative estimate of drug-likeness (QED) is 0.496. The molecule has 1 unspecified atom stereocenters. The van der Waals surface area contributed by atoms with Crippen molar-refractivity contribution in [3.8, 4) is 0 Å². The fraction of sp³-hybridized carbons (Fsp3) is 0. The van der Waals surface area contributed by atoms with Crippen LogP contribution in [0.25, 0.3) is 0 Å². The lowest BCUT2D eigenvalue weighted by Gasteiger charge is -1.99. The fourth-order valence-corrected chi connectivity index (χ4v) is 1.04. The van der Waals surface area contributed by atoms with Crippen LogP contribution in [0.15, 0.2) is 29.4 Å². The van der Waals surface area contributed by atoms with Crippen LogP contribution in [0, 0.1) is 5.53 Å². The van der Waals surface area contributed by atoms with E-state index >= 15 is 0 Å². The lowest BCUT2D eigenvalue weighted by Crippen LogP contribution is -2.00. The summed E-state index contributed by atoms with van der Waals surface area (Å²) in [5.41, 5.74) is 7.67. The second-order valence-corrected chi connectivity index (χ2v) is 2.71. The van der Waals surface area contributed by atoms with Gasteiger partial charge < -0.3 is 0 Å². The Kier molecular flexibility index (Phi) is 2.89. The topological polar surface area (TPSA) is 85.5 Å². The van der Waals surface area contributed by atoms with Crippen molar-refractivity contribution in [1.82, 2.24) is 0 Å². The summed E-state index contributed by atoms with van der Waals surface area (Å²) in [6, 6.07) is 6.29. The van der Waals surface area contributed by atoms with Crippen molar-refractivity contribution >= 4 is 22.6 Å². The molecular weight excluding hydrogens is 178 g/mol. The van der Waals surface area contributed by atoms with Crippen molar-refractivity contribution in [2.45, 2.75) is 0 Å². The van der Waals surface area contributed by atoms with Crippen LogP contribution in [-0.2, 0) is 11.3 Å². The van der Waals surface area contributed by atoms with Gasteiger partial charge in [0.25, 0.3) is 11.3 Å². The molecule has 5 nitrogen and oxygen atoms in total. The highest BCUT2D eigenvalue weighted by Gasteiger charge is 1.94. The largest absolute Gasteiger partial charge is 0.289 e. The van der Waals surface area contributed by atoms with Crippen molar-refractivity contribution in [2.75, 3.05) is 4.72 Å². The lowest BCUT2D eigenvalue weighted by molar-refractivity contribution is 0.570. The molecule has 0 aliphatic rings. The summed E-state index contributed by atoms with van der Waals surface area (Å²) < 4.78 is 21.0. The molecule has 1 atom stereocenters. The number of nitrogens with one attached hydrogen (secondary N) is 2. The van der Waals surface area contributed by atoms with E-state index in [0.29, 0.717) is 11.4 Å². The number of benzene rings is 1. The van der Waals surface area contributed by atoms with Gasteiger partial charge in [0.15, 0.2) is 0 Å². The van der Waals surface area contributed by atoms with E-state index in [9.17, 15) is 4.21 Å². The highest BCUT2D eigenvalue weighted by atomic mass is 32.2. The van der Waals surface area contributed by atoms with E-state index in [1.165, 1.54) is 0 Å². The number of rotatable bonds is 3. The Balaban J connectivity index is 2.77. The molecule has 1 rings (SSSR count). The van der Waals surface area contributed by atoms with Crippen molar-refractivity contribution in [3.63, 3.8) is 0 Å². The maximum Gasteiger partial charge on any atom is 0.259 e. The van der Waals surface area contributed by atoms with Crippen molar-refractivity contribution in [2.24, 2.45) is 5.11 Å². The third-order valence-corrected chi connectivity index (χ3v) is 1.61. The Morgan fingerprint density at radius 3 is 2.42 bits per heavy atom. The molecule has 0 saturated carbocycles. The Bertz CT molecular complexity index is 298. The molecule has 0 aliphatic carbocycles. The molecule has 0 aromatic heterocycles. The van der Waals surface area contributed by atoms with Gasteiger partial charge in [-0.25, -0.2) is 9.74 Å². The van der Waals surface area contributed by atoms with Crippen molar-refractivity contribution in [1.29, 1.82) is 5.53 Å². The standard InChI is InChI=1S/C6H7N3O2S/c7-8-5-1-3-6(4-2-5)9-12(10)11/h1-4,7,9H,(H,10,11). The minimum atomic E-state index is -2.05. The van der Waals surface area contributed by atoms with Crippen LogP contribution >= 0.6 is 0 Å². The fourth-order valence-electron chi connectivity index (χ4n) is 0.705. The highest BCUT2D eigenvalue weighted by Crippen LogP contribution is 2.15. The van der Waals surface area contributed by atoms with E-state index in [1.54, 1.807) is 24.3 Å². The lowest BCUT2D eigenvalue weighted by atomic mass is 10.3. The Morgan fingerprint density at radius 2 is 2.00 bits per heavy atom. The summed E-state index contributed by atoms with van der Waals surface area (Å²) in [7, 11) is 0. The molecule has 12 heavy (non-hydrogen) atoms. The van der Waals surface area contributed by atoms with Crippen LogP contribution in [0.4, 0.5) is 11.4 Å². The van der Waals surface area contributed by atoms with Crippen LogP contribution in [0.1, 0.15) is 0 Å². The first-order chi connectivity index (χ1) is 5.72. The first kappa shape index (κ1) is 8.82. The monoisotopic (exact) mass is 185 g/mol. The average Bonchev–Trinajstić information content (AvgIpc) is 2.05. The highest BCUT2D eigenvalue weighted by molar-refractivity contribution is 7.80. The predicted octanol–water partition coefficient (Wildman–Crippen LogP) is 1.90. The molecule has 0 fully saturated rings. The SMILES string of the molecule is N=Nc1ccc(NS(=O)O)cc1. The summed E-state index contributed by atoms with van der Waals surface area (Å²) in [6.07, 6.45) is 0. The molecule has 0 heterocycles. The zero-order chi connectivity index (χ0) is 8.97. The number of anilines is 1. The van der Waals surface area contributed by atoms with Crippen LogP contribution in [0.2, 0.25) is 0 Å². The molecule has 64 valence electrons. The smallest absolute Gasteiger partial charge is 0.259 e. The summed E-state index contributed by atoms with van der Waals surface area (Å²) in [5, 5.41) is 3.17. The second-order valence-electron chi connectivity index (χ2n) is 2.01. The first-order valence-electron chi connectivity index (χ1n) is 3.07. The first-order valence-corrected chi connectivity index (χ1v) is 4.18. The van der Waals surface area contributed by atoms with Gasteiger partial charge in [-0.05, 0) is 24.3 Å². The Labute approximate surface area is 71.7 Å². The van der Waals surface area contributed by atoms with Gasteiger partial charge in [-0.2, -0.15) is 5.11 Å². The number of hydrogen-bond acceptors (Lipinski definition) is 3. The van der Waals surface area contributed by atoms with E-state index in [4.69, 9.17) is 10.1 Å². The molecule has 0 saturated heterocycles. The van der Waals surface area contributed by atoms with Crippen LogP contribution in [-0.4, -0.2) is 8.76 Å². The molecule has 0 amide bonds. The minimum Gasteiger partial charge on any atom is -0.289 e. The van der Waals surface area contributed by atoms with E-state index in [2.05, 4.69) is 9.84 Å². The van der Waals surface area contributed by atoms with Gasteiger partial charge in [0.05, 0.1) is 5.69 Å². The number of nitrogens with zero attached hydrogens (tertiary/aromatic N) is 1. The molecule has 0 bridgehead atoms. The summed E-state index contributed by atoms with van der Waals surface area (Å²) in [5.74, 6) is 0. The zero-order valence-electron chi connectivity index (χ0n) is 6.02. The van der Waals surface area contributed by atoms with Crippen LogP contribution in [0.5, 0.6) is 0 Å². The van der Waals surface area contributed by atoms with Crippen molar-refractivity contribution < 1.29 is 8.76 Å². The molecule has 0 radical (unpaired) electrons. The summed E-state index contributed by atoms with van der Waals surface area (Å²) in [4.78, 5) is 0. The van der Waals surface area contributed by atoms with E-state index in [-0.39, 0.29) is 0 Å². The maximum absolute atomic E-state index is 10.3. The average molecular weight is 185 g/mol. The molecule has 3 N–H and O–H groups in total. The normalized spacial score (nSPS) is 12.1. The molecule has 1 aromatic carbocycles. The van der Waals surface area contributed by atoms with E-state index < -0.39 is 11.3 Å².